The van der Waals surface area contributed by atoms with Gasteiger partial charge in [0.25, 0.3) is 0 Å². The molecule has 1 aliphatic rings. The van der Waals surface area contributed by atoms with E-state index in [0.29, 0.717) is 19.7 Å². The number of halogens is 1. The number of carbonyl (C=O) groups is 1. The van der Waals surface area contributed by atoms with Crippen molar-refractivity contribution in [1.29, 1.82) is 0 Å². The van der Waals surface area contributed by atoms with Crippen molar-refractivity contribution in [2.75, 3.05) is 47.9 Å². The SMILES string of the molecule is CN=C(NCC1(C(=O)N(C)C)CCCC1)N(C)CCOc1ccccc1C.I. The van der Waals surface area contributed by atoms with Crippen LogP contribution in [0.25, 0.3) is 0 Å². The number of nitrogens with zero attached hydrogens (tertiary/aromatic N) is 3. The molecule has 1 amide bonds. The first kappa shape index (κ1) is 24.5. The second kappa shape index (κ2) is 11.5. The van der Waals surface area contributed by atoms with Gasteiger partial charge in [0.15, 0.2) is 5.96 Å². The first-order valence-electron chi connectivity index (χ1n) is 9.71. The molecule has 7 heteroatoms. The van der Waals surface area contributed by atoms with Crippen LogP contribution in [0.2, 0.25) is 0 Å². The van der Waals surface area contributed by atoms with Crippen molar-refractivity contribution < 1.29 is 9.53 Å². The molecule has 0 saturated heterocycles. The minimum absolute atomic E-state index is 0. The first-order chi connectivity index (χ1) is 12.9. The van der Waals surface area contributed by atoms with E-state index in [4.69, 9.17) is 4.74 Å². The average molecular weight is 502 g/mol. The fourth-order valence-electron chi connectivity index (χ4n) is 3.74. The van der Waals surface area contributed by atoms with E-state index in [0.717, 1.165) is 43.0 Å². The second-order valence-corrected chi connectivity index (χ2v) is 7.62. The zero-order chi connectivity index (χ0) is 19.9. The average Bonchev–Trinajstić information content (AvgIpc) is 3.13. The predicted octanol–water partition coefficient (Wildman–Crippen LogP) is 3.15. The van der Waals surface area contributed by atoms with Crippen molar-refractivity contribution in [2.24, 2.45) is 10.4 Å². The number of amides is 1. The van der Waals surface area contributed by atoms with Gasteiger partial charge < -0.3 is 19.9 Å². The minimum Gasteiger partial charge on any atom is -0.491 e. The molecule has 0 bridgehead atoms. The number of aryl methyl sites for hydroxylation is 1. The van der Waals surface area contributed by atoms with Crippen molar-refractivity contribution in [3.63, 3.8) is 0 Å². The lowest BCUT2D eigenvalue weighted by molar-refractivity contribution is -0.138. The van der Waals surface area contributed by atoms with Crippen LogP contribution < -0.4 is 10.1 Å². The lowest BCUT2D eigenvalue weighted by Crippen LogP contribution is -2.50. The van der Waals surface area contributed by atoms with Crippen LogP contribution in [0, 0.1) is 12.3 Å². The van der Waals surface area contributed by atoms with Crippen molar-refractivity contribution >= 4 is 35.8 Å². The third-order valence-electron chi connectivity index (χ3n) is 5.36. The Balaban J connectivity index is 0.00000392. The van der Waals surface area contributed by atoms with Gasteiger partial charge in [-0.05, 0) is 31.4 Å². The normalized spacial score (nSPS) is 15.5. The summed E-state index contributed by atoms with van der Waals surface area (Å²) in [4.78, 5) is 20.8. The number of para-hydroxylation sites is 1. The number of rotatable bonds is 7. The number of nitrogens with one attached hydrogen (secondary N) is 1. The third kappa shape index (κ3) is 6.25. The van der Waals surface area contributed by atoms with Crippen molar-refractivity contribution in [2.45, 2.75) is 32.6 Å². The number of carbonyl (C=O) groups excluding carboxylic acids is 1. The topological polar surface area (TPSA) is 57.2 Å². The van der Waals surface area contributed by atoms with E-state index >= 15 is 0 Å². The molecule has 1 fully saturated rings. The molecule has 28 heavy (non-hydrogen) atoms. The van der Waals surface area contributed by atoms with E-state index in [-0.39, 0.29) is 35.3 Å². The molecule has 0 radical (unpaired) electrons. The van der Waals surface area contributed by atoms with Crippen LogP contribution in [-0.4, -0.2) is 69.6 Å². The standard InChI is InChI=1S/C21H34N4O2.HI/c1-17-10-6-7-11-18(17)27-15-14-25(5)20(22-2)23-16-21(12-8-9-13-21)19(26)24(3)4;/h6-7,10-11H,8-9,12-16H2,1-5H3,(H,22,23);1H. The van der Waals surface area contributed by atoms with Gasteiger partial charge in [0.1, 0.15) is 12.4 Å². The maximum absolute atomic E-state index is 12.7. The number of likely N-dealkylation sites (N-methyl/N-ethyl adjacent to an activating group) is 1. The maximum atomic E-state index is 12.7. The fraction of sp³-hybridized carbons (Fsp3) is 0.619. The van der Waals surface area contributed by atoms with Crippen LogP contribution >= 0.6 is 24.0 Å². The van der Waals surface area contributed by atoms with Gasteiger partial charge >= 0.3 is 0 Å². The highest BCUT2D eigenvalue weighted by molar-refractivity contribution is 14.0. The Bertz CT molecular complexity index is 658. The molecule has 1 aliphatic carbocycles. The zero-order valence-corrected chi connectivity index (χ0v) is 20.2. The minimum atomic E-state index is -0.308. The van der Waals surface area contributed by atoms with Crippen LogP contribution in [0.5, 0.6) is 5.75 Å². The number of aliphatic imine (C=N–C) groups is 1. The Morgan fingerprint density at radius 3 is 2.43 bits per heavy atom. The summed E-state index contributed by atoms with van der Waals surface area (Å²) in [6.45, 7) is 3.95. The summed E-state index contributed by atoms with van der Waals surface area (Å²) in [6, 6.07) is 8.02. The number of hydrogen-bond acceptors (Lipinski definition) is 3. The van der Waals surface area contributed by atoms with Crippen LogP contribution in [0.15, 0.2) is 29.3 Å². The fourth-order valence-corrected chi connectivity index (χ4v) is 3.74. The molecule has 0 aliphatic heterocycles. The first-order valence-corrected chi connectivity index (χ1v) is 9.71. The highest BCUT2D eigenvalue weighted by atomic mass is 127. The summed E-state index contributed by atoms with van der Waals surface area (Å²) < 4.78 is 5.88. The van der Waals surface area contributed by atoms with Gasteiger partial charge in [-0.25, -0.2) is 0 Å². The summed E-state index contributed by atoms with van der Waals surface area (Å²) in [7, 11) is 7.44. The lowest BCUT2D eigenvalue weighted by atomic mass is 9.84. The lowest BCUT2D eigenvalue weighted by Gasteiger charge is -2.32. The van der Waals surface area contributed by atoms with Gasteiger partial charge in [0.2, 0.25) is 5.91 Å². The van der Waals surface area contributed by atoms with Gasteiger partial charge in [0.05, 0.1) is 12.0 Å². The van der Waals surface area contributed by atoms with Gasteiger partial charge in [0, 0.05) is 34.7 Å². The van der Waals surface area contributed by atoms with E-state index in [9.17, 15) is 4.79 Å². The molecule has 2 rings (SSSR count). The summed E-state index contributed by atoms with van der Waals surface area (Å²) in [5.74, 6) is 1.92. The molecule has 1 N–H and O–H groups in total. The van der Waals surface area contributed by atoms with Gasteiger partial charge in [-0.15, -0.1) is 24.0 Å². The van der Waals surface area contributed by atoms with E-state index in [1.807, 2.05) is 57.2 Å². The summed E-state index contributed by atoms with van der Waals surface area (Å²) >= 11 is 0. The molecule has 0 heterocycles. The predicted molar refractivity (Wildman–Crippen MR) is 126 cm³/mol. The number of benzene rings is 1. The van der Waals surface area contributed by atoms with Gasteiger partial charge in [-0.2, -0.15) is 0 Å². The molecule has 158 valence electrons. The molecule has 0 spiro atoms. The Labute approximate surface area is 186 Å². The molecule has 1 aromatic carbocycles. The number of ether oxygens (including phenoxy) is 1. The zero-order valence-electron chi connectivity index (χ0n) is 17.8. The van der Waals surface area contributed by atoms with Crippen molar-refractivity contribution in [3.8, 4) is 5.75 Å². The summed E-state index contributed by atoms with van der Waals surface area (Å²) in [5.41, 5.74) is 0.825. The monoisotopic (exact) mass is 502 g/mol. The van der Waals surface area contributed by atoms with Gasteiger partial charge in [-0.3, -0.25) is 9.79 Å². The van der Waals surface area contributed by atoms with Gasteiger partial charge in [-0.1, -0.05) is 31.0 Å². The third-order valence-corrected chi connectivity index (χ3v) is 5.36. The molecule has 0 aromatic heterocycles. The largest absolute Gasteiger partial charge is 0.491 e. The molecule has 0 atom stereocenters. The highest BCUT2D eigenvalue weighted by Gasteiger charge is 2.42. The Kier molecular flexibility index (Phi) is 10.1. The molecule has 0 unspecified atom stereocenters. The van der Waals surface area contributed by atoms with Crippen LogP contribution in [0.3, 0.4) is 0 Å². The number of guanidine groups is 1. The smallest absolute Gasteiger partial charge is 0.230 e. The van der Waals surface area contributed by atoms with Crippen molar-refractivity contribution in [3.05, 3.63) is 29.8 Å². The maximum Gasteiger partial charge on any atom is 0.230 e. The van der Waals surface area contributed by atoms with E-state index in [2.05, 4.69) is 10.3 Å². The van der Waals surface area contributed by atoms with Crippen LogP contribution in [-0.2, 0) is 4.79 Å². The van der Waals surface area contributed by atoms with Crippen molar-refractivity contribution in [1.82, 2.24) is 15.1 Å². The Hall–Kier alpha value is -1.51. The Morgan fingerprint density at radius 1 is 1.21 bits per heavy atom. The molecule has 1 saturated carbocycles. The van der Waals surface area contributed by atoms with Crippen LogP contribution in [0.4, 0.5) is 0 Å². The second-order valence-electron chi connectivity index (χ2n) is 7.62. The molecule has 1 aromatic rings. The van der Waals surface area contributed by atoms with E-state index < -0.39 is 0 Å². The molecular formula is C21H35IN4O2. The molecule has 6 nitrogen and oxygen atoms in total. The molecular weight excluding hydrogens is 467 g/mol. The quantitative estimate of drug-likeness (QED) is 0.354. The van der Waals surface area contributed by atoms with Crippen LogP contribution in [0.1, 0.15) is 31.2 Å². The highest BCUT2D eigenvalue weighted by Crippen LogP contribution is 2.38. The summed E-state index contributed by atoms with van der Waals surface area (Å²) in [6.07, 6.45) is 4.10. The number of hydrogen-bond donors (Lipinski definition) is 1. The summed E-state index contributed by atoms with van der Waals surface area (Å²) in [5, 5.41) is 3.42. The Morgan fingerprint density at radius 2 is 1.86 bits per heavy atom. The van der Waals surface area contributed by atoms with E-state index in [1.165, 1.54) is 0 Å². The van der Waals surface area contributed by atoms with E-state index in [1.54, 1.807) is 11.9 Å².